The van der Waals surface area contributed by atoms with Crippen LogP contribution in [0.4, 0.5) is 10.5 Å². The Balaban J connectivity index is 1.47. The number of para-hydroxylation sites is 1. The Morgan fingerprint density at radius 3 is 2.49 bits per heavy atom. The average Bonchev–Trinajstić information content (AvgIpc) is 3.47. The molecule has 0 saturated carbocycles. The van der Waals surface area contributed by atoms with Gasteiger partial charge in [-0.15, -0.1) is 0 Å². The zero-order chi connectivity index (χ0) is 24.6. The molecule has 180 valence electrons. The number of hydrogen-bond acceptors (Lipinski definition) is 7. The molecule has 2 aliphatic rings. The molecule has 1 atom stereocenters. The van der Waals surface area contributed by atoms with Crippen LogP contribution in [0.25, 0.3) is 5.69 Å². The number of nitrogens with one attached hydrogen (secondary N) is 4. The van der Waals surface area contributed by atoms with Gasteiger partial charge in [-0.25, -0.2) is 19.9 Å². The van der Waals surface area contributed by atoms with Crippen LogP contribution in [0.1, 0.15) is 26.3 Å². The predicted octanol–water partition coefficient (Wildman–Crippen LogP) is 3.29. The number of fused-ring (bicyclic) bond motifs is 1. The van der Waals surface area contributed by atoms with Crippen molar-refractivity contribution in [3.8, 4) is 5.69 Å². The van der Waals surface area contributed by atoms with Gasteiger partial charge in [0.05, 0.1) is 17.8 Å². The standard InChI is InChI=1S/C25H29N9O/c1-25(2,3)14-32-23-20(21(26)30-24(32)35)22(29-18-7-5-4-6-8-18)33(31-23)13-17-9-11-19(12-10-17)34-16-27-15-28-34/h4-12,15-16,23,29,31H,13-14H2,1-3H3,(H2,26,30,35). The van der Waals surface area contributed by atoms with Crippen molar-refractivity contribution in [2.45, 2.75) is 33.5 Å². The van der Waals surface area contributed by atoms with Crippen LogP contribution in [0.3, 0.4) is 0 Å². The number of carbonyl (C=O) groups is 1. The van der Waals surface area contributed by atoms with Crippen molar-refractivity contribution in [2.24, 2.45) is 5.41 Å². The molecular weight excluding hydrogens is 442 g/mol. The van der Waals surface area contributed by atoms with Crippen LogP contribution in [0.5, 0.6) is 0 Å². The van der Waals surface area contributed by atoms with Crippen molar-refractivity contribution in [1.82, 2.24) is 35.4 Å². The summed E-state index contributed by atoms with van der Waals surface area (Å²) >= 11 is 0. The van der Waals surface area contributed by atoms with E-state index in [1.165, 1.54) is 6.33 Å². The van der Waals surface area contributed by atoms with E-state index in [0.717, 1.165) is 22.8 Å². The fraction of sp³-hybridized carbons (Fsp3) is 0.280. The SMILES string of the molecule is CC(C)(C)CN1C(=O)NC(=N)C2=C(Nc3ccccc3)N(Cc3ccc(-n4cncn4)cc3)NC21. The summed E-state index contributed by atoms with van der Waals surface area (Å²) < 4.78 is 1.71. The zero-order valence-electron chi connectivity index (χ0n) is 20.0. The van der Waals surface area contributed by atoms with Gasteiger partial charge in [-0.3, -0.25) is 15.7 Å². The minimum atomic E-state index is -0.448. The maximum atomic E-state index is 12.9. The third kappa shape index (κ3) is 4.73. The van der Waals surface area contributed by atoms with Crippen molar-refractivity contribution in [3.63, 3.8) is 0 Å². The van der Waals surface area contributed by atoms with E-state index in [9.17, 15) is 4.79 Å². The first kappa shape index (κ1) is 22.6. The molecule has 3 aromatic rings. The fourth-order valence-electron chi connectivity index (χ4n) is 4.27. The Bertz CT molecular complexity index is 1240. The number of urea groups is 1. The van der Waals surface area contributed by atoms with E-state index >= 15 is 0 Å². The van der Waals surface area contributed by atoms with Crippen molar-refractivity contribution in [1.29, 1.82) is 5.41 Å². The number of amidine groups is 1. The van der Waals surface area contributed by atoms with Gasteiger partial charge in [0.2, 0.25) is 0 Å². The molecule has 0 aliphatic carbocycles. The first-order valence-electron chi connectivity index (χ1n) is 11.5. The number of benzene rings is 2. The lowest BCUT2D eigenvalue weighted by atomic mass is 9.95. The van der Waals surface area contributed by atoms with E-state index in [1.54, 1.807) is 15.9 Å². The maximum absolute atomic E-state index is 12.9. The average molecular weight is 472 g/mol. The van der Waals surface area contributed by atoms with Gasteiger partial charge in [-0.05, 0) is 35.2 Å². The number of rotatable bonds is 6. The fourth-order valence-corrected chi connectivity index (χ4v) is 4.27. The third-order valence-electron chi connectivity index (χ3n) is 5.79. The molecule has 1 aromatic heterocycles. The van der Waals surface area contributed by atoms with Crippen LogP contribution in [0, 0.1) is 10.8 Å². The molecule has 5 rings (SSSR count). The van der Waals surface area contributed by atoms with Gasteiger partial charge in [-0.2, -0.15) is 5.10 Å². The van der Waals surface area contributed by atoms with Gasteiger partial charge in [0, 0.05) is 12.2 Å². The van der Waals surface area contributed by atoms with Gasteiger partial charge < -0.3 is 10.2 Å². The summed E-state index contributed by atoms with van der Waals surface area (Å²) in [4.78, 5) is 18.6. The van der Waals surface area contributed by atoms with Crippen LogP contribution in [0.15, 0.2) is 78.6 Å². The molecule has 1 saturated heterocycles. The summed E-state index contributed by atoms with van der Waals surface area (Å²) in [6, 6.07) is 17.6. The highest BCUT2D eigenvalue weighted by atomic mass is 16.2. The largest absolute Gasteiger partial charge is 0.340 e. The first-order chi connectivity index (χ1) is 16.8. The molecule has 35 heavy (non-hydrogen) atoms. The number of aromatic nitrogens is 3. The molecule has 4 N–H and O–H groups in total. The molecule has 0 bridgehead atoms. The highest BCUT2D eigenvalue weighted by Gasteiger charge is 2.44. The first-order valence-corrected chi connectivity index (χ1v) is 11.5. The molecule has 2 aliphatic heterocycles. The molecule has 10 nitrogen and oxygen atoms in total. The topological polar surface area (TPSA) is 114 Å². The van der Waals surface area contributed by atoms with E-state index in [1.807, 2.05) is 59.6 Å². The van der Waals surface area contributed by atoms with Crippen molar-refractivity contribution >= 4 is 17.6 Å². The van der Waals surface area contributed by atoms with E-state index in [4.69, 9.17) is 5.41 Å². The quantitative estimate of drug-likeness (QED) is 0.439. The maximum Gasteiger partial charge on any atom is 0.324 e. The minimum absolute atomic E-state index is 0.0973. The van der Waals surface area contributed by atoms with E-state index in [-0.39, 0.29) is 17.3 Å². The molecule has 10 heteroatoms. The van der Waals surface area contributed by atoms with Crippen LogP contribution in [0.2, 0.25) is 0 Å². The number of hydrazine groups is 1. The van der Waals surface area contributed by atoms with Gasteiger partial charge >= 0.3 is 6.03 Å². The minimum Gasteiger partial charge on any atom is -0.340 e. The Morgan fingerprint density at radius 1 is 1.09 bits per heavy atom. The smallest absolute Gasteiger partial charge is 0.324 e. The summed E-state index contributed by atoms with van der Waals surface area (Å²) in [6.45, 7) is 7.34. The lowest BCUT2D eigenvalue weighted by Crippen LogP contribution is -2.61. The summed E-state index contributed by atoms with van der Waals surface area (Å²) in [5, 5.41) is 21.0. The van der Waals surface area contributed by atoms with Crippen molar-refractivity contribution in [2.75, 3.05) is 11.9 Å². The Labute approximate surface area is 204 Å². The summed E-state index contributed by atoms with van der Waals surface area (Å²) in [5.41, 5.74) is 6.95. The summed E-state index contributed by atoms with van der Waals surface area (Å²) in [7, 11) is 0. The molecule has 0 spiro atoms. The zero-order valence-corrected chi connectivity index (χ0v) is 20.0. The number of anilines is 1. The van der Waals surface area contributed by atoms with E-state index < -0.39 is 6.17 Å². The van der Waals surface area contributed by atoms with Gasteiger partial charge in [-0.1, -0.05) is 51.1 Å². The van der Waals surface area contributed by atoms with Crippen LogP contribution >= 0.6 is 0 Å². The summed E-state index contributed by atoms with van der Waals surface area (Å²) in [6.07, 6.45) is 2.72. The second kappa shape index (κ2) is 8.88. The molecule has 0 radical (unpaired) electrons. The number of hydrogen-bond donors (Lipinski definition) is 4. The molecule has 1 unspecified atom stereocenters. The van der Waals surface area contributed by atoms with Gasteiger partial charge in [0.25, 0.3) is 0 Å². The highest BCUT2D eigenvalue weighted by molar-refractivity contribution is 6.10. The highest BCUT2D eigenvalue weighted by Crippen LogP contribution is 2.31. The van der Waals surface area contributed by atoms with E-state index in [0.29, 0.717) is 18.7 Å². The second-order valence-electron chi connectivity index (χ2n) is 9.87. The van der Waals surface area contributed by atoms with Crippen molar-refractivity contribution < 1.29 is 4.79 Å². The van der Waals surface area contributed by atoms with Crippen molar-refractivity contribution in [3.05, 3.63) is 84.2 Å². The lowest BCUT2D eigenvalue weighted by molar-refractivity contribution is 0.115. The Morgan fingerprint density at radius 2 is 1.83 bits per heavy atom. The lowest BCUT2D eigenvalue weighted by Gasteiger charge is -2.38. The van der Waals surface area contributed by atoms with Crippen LogP contribution in [-0.4, -0.2) is 49.3 Å². The van der Waals surface area contributed by atoms with Crippen LogP contribution < -0.4 is 16.1 Å². The molecule has 1 fully saturated rings. The second-order valence-corrected chi connectivity index (χ2v) is 9.87. The molecule has 2 aromatic carbocycles. The normalized spacial score (nSPS) is 18.1. The van der Waals surface area contributed by atoms with Crippen LogP contribution in [-0.2, 0) is 6.54 Å². The number of nitrogens with zero attached hydrogens (tertiary/aromatic N) is 5. The van der Waals surface area contributed by atoms with Gasteiger partial charge in [0.1, 0.15) is 30.5 Å². The van der Waals surface area contributed by atoms with Gasteiger partial charge in [0.15, 0.2) is 0 Å². The molecular formula is C25H29N9O. The molecule has 3 heterocycles. The van der Waals surface area contributed by atoms with E-state index in [2.05, 4.69) is 46.9 Å². The molecule has 2 amide bonds. The third-order valence-corrected chi connectivity index (χ3v) is 5.79. The predicted molar refractivity (Wildman–Crippen MR) is 133 cm³/mol. The monoisotopic (exact) mass is 471 g/mol. The summed E-state index contributed by atoms with van der Waals surface area (Å²) in [5.74, 6) is 0.839. The Hall–Kier alpha value is -4.18. The number of amides is 2. The number of carbonyl (C=O) groups excluding carboxylic acids is 1. The Kier molecular flexibility index (Phi) is 5.73.